The van der Waals surface area contributed by atoms with Crippen molar-refractivity contribution in [2.24, 2.45) is 0 Å². The summed E-state index contributed by atoms with van der Waals surface area (Å²) in [5.41, 5.74) is 1.13. The molecule has 0 radical (unpaired) electrons. The van der Waals surface area contributed by atoms with Gasteiger partial charge in [0.15, 0.2) is 5.11 Å². The van der Waals surface area contributed by atoms with Crippen molar-refractivity contribution in [1.29, 1.82) is 0 Å². The van der Waals surface area contributed by atoms with E-state index in [0.29, 0.717) is 5.11 Å². The number of thiocarbonyl (C=S) groups is 1. The zero-order chi connectivity index (χ0) is 14.2. The van der Waals surface area contributed by atoms with Gasteiger partial charge in [-0.2, -0.15) is 0 Å². The molecule has 5 heteroatoms. The Labute approximate surface area is 129 Å². The molecule has 1 aromatic carbocycles. The Bertz CT molecular complexity index is 541. The van der Waals surface area contributed by atoms with Crippen LogP contribution in [0.1, 0.15) is 5.56 Å². The lowest BCUT2D eigenvalue weighted by atomic mass is 10.3. The SMILES string of the molecule is Cc1ccc(NC(=S)NCCSc2ccccc2)nc1. The molecule has 20 heavy (non-hydrogen) atoms. The lowest BCUT2D eigenvalue weighted by molar-refractivity contribution is 0.988. The summed E-state index contributed by atoms with van der Waals surface area (Å²) in [5, 5.41) is 6.85. The van der Waals surface area contributed by atoms with Crippen LogP contribution in [0.2, 0.25) is 0 Å². The van der Waals surface area contributed by atoms with E-state index in [1.807, 2.05) is 43.5 Å². The van der Waals surface area contributed by atoms with E-state index in [-0.39, 0.29) is 0 Å². The second-order valence-electron chi connectivity index (χ2n) is 4.26. The van der Waals surface area contributed by atoms with E-state index >= 15 is 0 Å². The van der Waals surface area contributed by atoms with Gasteiger partial charge in [0.1, 0.15) is 5.82 Å². The minimum Gasteiger partial charge on any atom is -0.362 e. The van der Waals surface area contributed by atoms with Crippen LogP contribution in [-0.4, -0.2) is 22.4 Å². The summed E-state index contributed by atoms with van der Waals surface area (Å²) in [4.78, 5) is 5.52. The fourth-order valence-corrected chi connectivity index (χ4v) is 2.55. The molecule has 0 saturated heterocycles. The van der Waals surface area contributed by atoms with Gasteiger partial charge in [-0.1, -0.05) is 24.3 Å². The summed E-state index contributed by atoms with van der Waals surface area (Å²) in [6.45, 7) is 2.82. The maximum Gasteiger partial charge on any atom is 0.171 e. The standard InChI is InChI=1S/C15H17N3S2/c1-12-7-8-14(17-11-12)18-15(19)16-9-10-20-13-5-3-2-4-6-13/h2-8,11H,9-10H2,1H3,(H2,16,17,18,19). The van der Waals surface area contributed by atoms with Crippen molar-refractivity contribution in [2.75, 3.05) is 17.6 Å². The summed E-state index contributed by atoms with van der Waals surface area (Å²) in [6.07, 6.45) is 1.82. The molecule has 0 bridgehead atoms. The summed E-state index contributed by atoms with van der Waals surface area (Å²) in [5.74, 6) is 1.73. The summed E-state index contributed by atoms with van der Waals surface area (Å²) in [6, 6.07) is 14.3. The molecule has 0 aliphatic carbocycles. The fraction of sp³-hybridized carbons (Fsp3) is 0.200. The van der Waals surface area contributed by atoms with Gasteiger partial charge in [0.2, 0.25) is 0 Å². The number of thioether (sulfide) groups is 1. The second kappa shape index (κ2) is 7.87. The van der Waals surface area contributed by atoms with Gasteiger partial charge < -0.3 is 10.6 Å². The van der Waals surface area contributed by atoms with E-state index in [0.717, 1.165) is 23.7 Å². The average Bonchev–Trinajstić information content (AvgIpc) is 2.47. The lowest BCUT2D eigenvalue weighted by Gasteiger charge is -2.09. The predicted octanol–water partition coefficient (Wildman–Crippen LogP) is 3.47. The molecule has 0 aliphatic rings. The van der Waals surface area contributed by atoms with E-state index in [1.54, 1.807) is 11.8 Å². The first-order valence-corrected chi connectivity index (χ1v) is 7.79. The first-order valence-electron chi connectivity index (χ1n) is 6.39. The molecular formula is C15H17N3S2. The lowest BCUT2D eigenvalue weighted by Crippen LogP contribution is -2.30. The Morgan fingerprint density at radius 3 is 2.70 bits per heavy atom. The van der Waals surface area contributed by atoms with E-state index in [1.165, 1.54) is 4.90 Å². The zero-order valence-electron chi connectivity index (χ0n) is 11.3. The highest BCUT2D eigenvalue weighted by Crippen LogP contribution is 2.15. The normalized spacial score (nSPS) is 10.1. The van der Waals surface area contributed by atoms with Crippen LogP contribution >= 0.6 is 24.0 Å². The van der Waals surface area contributed by atoms with E-state index in [4.69, 9.17) is 12.2 Å². The number of rotatable bonds is 5. The molecule has 2 rings (SSSR count). The highest BCUT2D eigenvalue weighted by molar-refractivity contribution is 7.99. The molecule has 0 amide bonds. The Kier molecular flexibility index (Phi) is 5.83. The van der Waals surface area contributed by atoms with Crippen LogP contribution in [0.5, 0.6) is 0 Å². The van der Waals surface area contributed by atoms with Crippen molar-refractivity contribution < 1.29 is 0 Å². The number of benzene rings is 1. The van der Waals surface area contributed by atoms with Crippen LogP contribution < -0.4 is 10.6 Å². The van der Waals surface area contributed by atoms with Gasteiger partial charge in [-0.15, -0.1) is 11.8 Å². The summed E-state index contributed by atoms with van der Waals surface area (Å²) >= 11 is 7.03. The molecule has 0 unspecified atom stereocenters. The molecule has 0 fully saturated rings. The van der Waals surface area contributed by atoms with Gasteiger partial charge in [0, 0.05) is 23.4 Å². The number of nitrogens with zero attached hydrogens (tertiary/aromatic N) is 1. The molecule has 104 valence electrons. The average molecular weight is 303 g/mol. The summed E-state index contributed by atoms with van der Waals surface area (Å²) in [7, 11) is 0. The van der Waals surface area contributed by atoms with Gasteiger partial charge in [0.05, 0.1) is 0 Å². The molecular weight excluding hydrogens is 286 g/mol. The molecule has 2 aromatic rings. The van der Waals surface area contributed by atoms with Crippen LogP contribution in [0.4, 0.5) is 5.82 Å². The molecule has 0 saturated carbocycles. The number of aromatic nitrogens is 1. The number of nitrogens with one attached hydrogen (secondary N) is 2. The van der Waals surface area contributed by atoms with Crippen LogP contribution in [0.25, 0.3) is 0 Å². The van der Waals surface area contributed by atoms with Gasteiger partial charge in [-0.3, -0.25) is 0 Å². The third kappa shape index (κ3) is 5.19. The molecule has 1 heterocycles. The summed E-state index contributed by atoms with van der Waals surface area (Å²) < 4.78 is 0. The second-order valence-corrected chi connectivity index (χ2v) is 5.84. The number of aryl methyl sites for hydroxylation is 1. The molecule has 3 nitrogen and oxygen atoms in total. The maximum atomic E-state index is 5.23. The topological polar surface area (TPSA) is 37.0 Å². The van der Waals surface area contributed by atoms with Crippen molar-refractivity contribution in [3.05, 3.63) is 54.2 Å². The number of anilines is 1. The third-order valence-corrected chi connectivity index (χ3v) is 3.81. The van der Waals surface area contributed by atoms with E-state index in [9.17, 15) is 0 Å². The van der Waals surface area contributed by atoms with Gasteiger partial charge >= 0.3 is 0 Å². The van der Waals surface area contributed by atoms with Crippen LogP contribution in [0.3, 0.4) is 0 Å². The quantitative estimate of drug-likeness (QED) is 0.502. The monoisotopic (exact) mass is 303 g/mol. The van der Waals surface area contributed by atoms with Gasteiger partial charge in [-0.25, -0.2) is 4.98 Å². The van der Waals surface area contributed by atoms with Crippen molar-refractivity contribution in [2.45, 2.75) is 11.8 Å². The molecule has 2 N–H and O–H groups in total. The van der Waals surface area contributed by atoms with Crippen molar-refractivity contribution in [3.63, 3.8) is 0 Å². The van der Waals surface area contributed by atoms with Crippen molar-refractivity contribution >= 4 is 34.9 Å². The van der Waals surface area contributed by atoms with Crippen molar-refractivity contribution in [1.82, 2.24) is 10.3 Å². The highest BCUT2D eigenvalue weighted by Gasteiger charge is 1.98. The molecule has 0 atom stereocenters. The molecule has 0 aliphatic heterocycles. The highest BCUT2D eigenvalue weighted by atomic mass is 32.2. The number of hydrogen-bond acceptors (Lipinski definition) is 3. The van der Waals surface area contributed by atoms with Gasteiger partial charge in [-0.05, 0) is 42.9 Å². The minimum absolute atomic E-state index is 0.606. The molecule has 1 aromatic heterocycles. The third-order valence-electron chi connectivity index (χ3n) is 2.55. The first-order chi connectivity index (χ1) is 9.74. The Morgan fingerprint density at radius 1 is 1.20 bits per heavy atom. The van der Waals surface area contributed by atoms with Gasteiger partial charge in [0.25, 0.3) is 0 Å². The number of pyridine rings is 1. The predicted molar refractivity (Wildman–Crippen MR) is 90.4 cm³/mol. The van der Waals surface area contributed by atoms with Crippen LogP contribution in [-0.2, 0) is 0 Å². The largest absolute Gasteiger partial charge is 0.362 e. The van der Waals surface area contributed by atoms with Crippen LogP contribution in [0.15, 0.2) is 53.6 Å². The van der Waals surface area contributed by atoms with Crippen molar-refractivity contribution in [3.8, 4) is 0 Å². The first kappa shape index (κ1) is 14.8. The Hall–Kier alpha value is -1.59. The van der Waals surface area contributed by atoms with E-state index < -0.39 is 0 Å². The fourth-order valence-electron chi connectivity index (χ4n) is 1.55. The Balaban J connectivity index is 1.66. The minimum atomic E-state index is 0.606. The smallest absolute Gasteiger partial charge is 0.171 e. The Morgan fingerprint density at radius 2 is 2.00 bits per heavy atom. The maximum absolute atomic E-state index is 5.23. The van der Waals surface area contributed by atoms with Crippen LogP contribution in [0, 0.1) is 6.92 Å². The number of hydrogen-bond donors (Lipinski definition) is 2. The molecule has 0 spiro atoms. The zero-order valence-corrected chi connectivity index (χ0v) is 12.9. The van der Waals surface area contributed by atoms with E-state index in [2.05, 4.69) is 27.8 Å².